The van der Waals surface area contributed by atoms with Gasteiger partial charge in [0.1, 0.15) is 10.7 Å². The molecule has 0 aromatic carbocycles. The molecule has 1 amide bonds. The minimum atomic E-state index is -0.192. The number of thiazole rings is 1. The molecule has 0 saturated carbocycles. The summed E-state index contributed by atoms with van der Waals surface area (Å²) in [7, 11) is 0. The van der Waals surface area contributed by atoms with Crippen molar-refractivity contribution in [1.29, 1.82) is 0 Å². The van der Waals surface area contributed by atoms with Gasteiger partial charge in [-0.2, -0.15) is 0 Å². The highest BCUT2D eigenvalue weighted by Crippen LogP contribution is 2.26. The van der Waals surface area contributed by atoms with E-state index >= 15 is 0 Å². The molecule has 1 atom stereocenters. The average Bonchev–Trinajstić information content (AvgIpc) is 2.97. The number of carbonyl (C=O) groups is 1. The van der Waals surface area contributed by atoms with Gasteiger partial charge in [-0.3, -0.25) is 4.79 Å². The molecular weight excluding hydrogens is 325 g/mol. The molecule has 0 fully saturated rings. The fourth-order valence-electron chi connectivity index (χ4n) is 1.41. The second-order valence-electron chi connectivity index (χ2n) is 3.67. The Balaban J connectivity index is 0.00000180. The number of carbonyl (C=O) groups excluding carboxylic acids is 1. The van der Waals surface area contributed by atoms with Crippen LogP contribution in [0.1, 0.15) is 33.3 Å². The first-order valence-corrected chi connectivity index (χ1v) is 7.38. The number of nitrogens with zero attached hydrogens (tertiary/aromatic N) is 1. The predicted molar refractivity (Wildman–Crippen MR) is 82.5 cm³/mol. The molecular formula is C11H13Cl2N3OS2. The molecule has 0 saturated heterocycles. The number of rotatable bonds is 4. The van der Waals surface area contributed by atoms with Gasteiger partial charge in [-0.25, -0.2) is 4.98 Å². The summed E-state index contributed by atoms with van der Waals surface area (Å²) in [5, 5.41) is 5.35. The van der Waals surface area contributed by atoms with Crippen LogP contribution in [0.3, 0.4) is 0 Å². The fourth-order valence-corrected chi connectivity index (χ4v) is 3.13. The number of thiophene rings is 1. The van der Waals surface area contributed by atoms with E-state index < -0.39 is 0 Å². The molecule has 19 heavy (non-hydrogen) atoms. The maximum absolute atomic E-state index is 11.9. The van der Waals surface area contributed by atoms with Crippen LogP contribution in [0, 0.1) is 0 Å². The topological polar surface area (TPSA) is 68.0 Å². The lowest BCUT2D eigenvalue weighted by Crippen LogP contribution is -2.26. The highest BCUT2D eigenvalue weighted by molar-refractivity contribution is 7.16. The van der Waals surface area contributed by atoms with Crippen LogP contribution in [0.4, 0.5) is 0 Å². The van der Waals surface area contributed by atoms with Crippen molar-refractivity contribution in [3.05, 3.63) is 37.4 Å². The maximum atomic E-state index is 11.9. The van der Waals surface area contributed by atoms with Gasteiger partial charge in [0, 0.05) is 16.8 Å². The lowest BCUT2D eigenvalue weighted by atomic mass is 10.2. The molecule has 0 aliphatic carbocycles. The smallest absolute Gasteiger partial charge is 0.271 e. The third kappa shape index (κ3) is 4.15. The van der Waals surface area contributed by atoms with Crippen LogP contribution in [0.25, 0.3) is 0 Å². The van der Waals surface area contributed by atoms with Crippen LogP contribution in [0.15, 0.2) is 17.5 Å². The third-order valence-electron chi connectivity index (χ3n) is 2.33. The van der Waals surface area contributed by atoms with Gasteiger partial charge in [0.15, 0.2) is 0 Å². The number of aromatic nitrogens is 1. The van der Waals surface area contributed by atoms with Crippen molar-refractivity contribution in [2.75, 3.05) is 0 Å². The number of halogens is 2. The van der Waals surface area contributed by atoms with Crippen LogP contribution in [0.5, 0.6) is 0 Å². The highest BCUT2D eigenvalue weighted by Gasteiger charge is 2.15. The molecule has 0 aliphatic rings. The molecule has 2 rings (SSSR count). The Hall–Kier alpha value is -0.660. The SMILES string of the molecule is CC(NC(=O)c1csc(CN)n1)c1ccc(Cl)s1.Cl. The molecule has 0 radical (unpaired) electrons. The average molecular weight is 338 g/mol. The minimum Gasteiger partial charge on any atom is -0.343 e. The summed E-state index contributed by atoms with van der Waals surface area (Å²) in [4.78, 5) is 17.1. The Morgan fingerprint density at radius 3 is 2.84 bits per heavy atom. The van der Waals surface area contributed by atoms with Crippen molar-refractivity contribution in [3.63, 3.8) is 0 Å². The van der Waals surface area contributed by atoms with Crippen LogP contribution in [0.2, 0.25) is 4.34 Å². The van der Waals surface area contributed by atoms with Gasteiger partial charge in [0.2, 0.25) is 0 Å². The van der Waals surface area contributed by atoms with Gasteiger partial charge in [0.25, 0.3) is 5.91 Å². The minimum absolute atomic E-state index is 0. The number of amides is 1. The number of hydrogen-bond donors (Lipinski definition) is 2. The normalized spacial score (nSPS) is 11.7. The first-order chi connectivity index (χ1) is 8.60. The molecule has 4 nitrogen and oxygen atoms in total. The molecule has 104 valence electrons. The lowest BCUT2D eigenvalue weighted by molar-refractivity contribution is 0.0936. The summed E-state index contributed by atoms with van der Waals surface area (Å²) >= 11 is 8.71. The zero-order valence-electron chi connectivity index (χ0n) is 10.1. The zero-order valence-corrected chi connectivity index (χ0v) is 13.3. The molecule has 0 spiro atoms. The van der Waals surface area contributed by atoms with Gasteiger partial charge < -0.3 is 11.1 Å². The molecule has 1 unspecified atom stereocenters. The van der Waals surface area contributed by atoms with Crippen molar-refractivity contribution >= 4 is 52.6 Å². The Morgan fingerprint density at radius 2 is 2.32 bits per heavy atom. The van der Waals surface area contributed by atoms with E-state index in [1.54, 1.807) is 5.38 Å². The van der Waals surface area contributed by atoms with Gasteiger partial charge in [0.05, 0.1) is 10.4 Å². The number of nitrogens with two attached hydrogens (primary N) is 1. The largest absolute Gasteiger partial charge is 0.343 e. The molecule has 2 aromatic heterocycles. The van der Waals surface area contributed by atoms with E-state index in [2.05, 4.69) is 10.3 Å². The third-order valence-corrected chi connectivity index (χ3v) is 4.61. The fraction of sp³-hybridized carbons (Fsp3) is 0.273. The van der Waals surface area contributed by atoms with Crippen molar-refractivity contribution in [2.24, 2.45) is 5.73 Å². The van der Waals surface area contributed by atoms with Gasteiger partial charge in [-0.05, 0) is 19.1 Å². The van der Waals surface area contributed by atoms with Crippen LogP contribution in [-0.2, 0) is 6.54 Å². The Kier molecular flexibility index (Phi) is 6.22. The first kappa shape index (κ1) is 16.4. The van der Waals surface area contributed by atoms with Crippen LogP contribution < -0.4 is 11.1 Å². The predicted octanol–water partition coefficient (Wildman–Crippen LogP) is 3.23. The molecule has 2 heterocycles. The first-order valence-electron chi connectivity index (χ1n) is 5.30. The van der Waals surface area contributed by atoms with Crippen molar-refractivity contribution in [1.82, 2.24) is 10.3 Å². The van der Waals surface area contributed by atoms with Gasteiger partial charge in [-0.15, -0.1) is 35.1 Å². The quantitative estimate of drug-likeness (QED) is 0.899. The van der Waals surface area contributed by atoms with E-state index in [0.29, 0.717) is 16.6 Å². The Labute approximate surface area is 130 Å². The van der Waals surface area contributed by atoms with Crippen LogP contribution >= 0.6 is 46.7 Å². The maximum Gasteiger partial charge on any atom is 0.271 e. The Morgan fingerprint density at radius 1 is 1.58 bits per heavy atom. The van der Waals surface area contributed by atoms with Crippen molar-refractivity contribution in [2.45, 2.75) is 19.5 Å². The number of nitrogens with one attached hydrogen (secondary N) is 1. The van der Waals surface area contributed by atoms with Gasteiger partial charge >= 0.3 is 0 Å². The lowest BCUT2D eigenvalue weighted by Gasteiger charge is -2.10. The van der Waals surface area contributed by atoms with E-state index in [9.17, 15) is 4.79 Å². The highest BCUT2D eigenvalue weighted by atomic mass is 35.5. The van der Waals surface area contributed by atoms with E-state index in [4.69, 9.17) is 17.3 Å². The zero-order chi connectivity index (χ0) is 13.1. The molecule has 2 aromatic rings. The van der Waals surface area contributed by atoms with Gasteiger partial charge in [-0.1, -0.05) is 11.6 Å². The monoisotopic (exact) mass is 337 g/mol. The summed E-state index contributed by atoms with van der Waals surface area (Å²) in [5.41, 5.74) is 5.87. The molecule has 8 heteroatoms. The summed E-state index contributed by atoms with van der Waals surface area (Å²) in [5.74, 6) is -0.192. The standard InChI is InChI=1S/C11H12ClN3OS2.ClH/c1-6(8-2-3-9(12)18-8)14-11(16)7-5-17-10(4-13)15-7;/h2-3,5-6H,4,13H2,1H3,(H,14,16);1H. The van der Waals surface area contributed by atoms with Crippen molar-refractivity contribution in [3.8, 4) is 0 Å². The second kappa shape index (κ2) is 7.21. The van der Waals surface area contributed by atoms with Crippen molar-refractivity contribution < 1.29 is 4.79 Å². The van der Waals surface area contributed by atoms with E-state index in [0.717, 1.165) is 9.88 Å². The van der Waals surface area contributed by atoms with Crippen LogP contribution in [-0.4, -0.2) is 10.9 Å². The summed E-state index contributed by atoms with van der Waals surface area (Å²) in [6, 6.07) is 3.64. The molecule has 0 aliphatic heterocycles. The summed E-state index contributed by atoms with van der Waals surface area (Å²) in [6.07, 6.45) is 0. The molecule has 0 bridgehead atoms. The summed E-state index contributed by atoms with van der Waals surface area (Å²) < 4.78 is 0.713. The number of hydrogen-bond acceptors (Lipinski definition) is 5. The summed E-state index contributed by atoms with van der Waals surface area (Å²) in [6.45, 7) is 2.27. The van der Waals surface area contributed by atoms with E-state index in [1.807, 2.05) is 19.1 Å². The molecule has 3 N–H and O–H groups in total. The second-order valence-corrected chi connectivity index (χ2v) is 6.36. The van der Waals surface area contributed by atoms with E-state index in [1.165, 1.54) is 22.7 Å². The Bertz CT molecular complexity index is 556. The van der Waals surface area contributed by atoms with E-state index in [-0.39, 0.29) is 24.4 Å².